The van der Waals surface area contributed by atoms with Gasteiger partial charge in [0, 0.05) is 84.7 Å². The Hall–Kier alpha value is -6.01. The van der Waals surface area contributed by atoms with Crippen LogP contribution < -0.4 is 17.8 Å². The minimum atomic E-state index is -5.16. The standard InChI is InChI=1S/C45H53Cl2N3O23S3/c1-28(51)65-25-41-42(67-29(2)52)43(68-30(3)53)44(69-31(4)54)45(71-41)70-39-14-10-34(37(55)6-5-16-62-18-20-64-21-19-63-17-15-49-50-48)23-40(39)73-76(60,61)72-36-11-7-32(8-12-36)24-66-38-13-9-33(26-74(46,56)57)22-35(38)27-75(47,58)59/h7-14,22-23,41-45H,5-6,15-21,24-27H2,1-4H3/t41-,42+,43+,44-,45?/m0/s1. The minimum Gasteiger partial charge on any atom is -0.489 e. The Balaban J connectivity index is 1.58. The fourth-order valence-electron chi connectivity index (χ4n) is 6.83. The number of hydrogen-bond acceptors (Lipinski definition) is 24. The molecule has 1 fully saturated rings. The van der Waals surface area contributed by atoms with Crippen LogP contribution >= 0.6 is 21.4 Å². The third-order valence-electron chi connectivity index (χ3n) is 9.79. The van der Waals surface area contributed by atoms with Crippen LogP contribution in [0.5, 0.6) is 23.0 Å². The van der Waals surface area contributed by atoms with Crippen LogP contribution in [0.4, 0.5) is 0 Å². The van der Waals surface area contributed by atoms with E-state index in [1.165, 1.54) is 48.5 Å². The highest BCUT2D eigenvalue weighted by Gasteiger charge is 2.53. The van der Waals surface area contributed by atoms with Crippen LogP contribution in [0.3, 0.4) is 0 Å². The van der Waals surface area contributed by atoms with E-state index in [9.17, 15) is 49.2 Å². The predicted octanol–water partition coefficient (Wildman–Crippen LogP) is 4.89. The van der Waals surface area contributed by atoms with Gasteiger partial charge in [-0.1, -0.05) is 23.3 Å². The summed E-state index contributed by atoms with van der Waals surface area (Å²) in [6.07, 6.45) is -8.21. The molecule has 1 aliphatic rings. The van der Waals surface area contributed by atoms with Gasteiger partial charge in [-0.2, -0.15) is 0 Å². The van der Waals surface area contributed by atoms with Crippen LogP contribution in [-0.4, -0.2) is 138 Å². The molecule has 1 unspecified atom stereocenters. The van der Waals surface area contributed by atoms with Crippen LogP contribution in [0.2, 0.25) is 0 Å². The Morgan fingerprint density at radius 3 is 1.83 bits per heavy atom. The van der Waals surface area contributed by atoms with E-state index in [-0.39, 0.29) is 93.8 Å². The molecule has 5 atom stereocenters. The SMILES string of the molecule is CC(=O)OC[C@@H]1OC(Oc2ccc(C(=O)CCCOCCOCCOCCN=[N+]=[N-])cc2OS(=O)(=O)Oc2ccc(COc3ccc(CS(=O)(=O)Cl)cc3CS(=O)(=O)Cl)cc2)[C@@H](OC(C)=O)[C@H](OC(C)=O)[C@@H]1OC(C)=O. The van der Waals surface area contributed by atoms with Crippen molar-refractivity contribution in [2.75, 3.05) is 52.8 Å². The van der Waals surface area contributed by atoms with Crippen molar-refractivity contribution >= 4 is 79.5 Å². The molecule has 0 radical (unpaired) electrons. The normalized spacial score (nSPS) is 17.5. The van der Waals surface area contributed by atoms with Gasteiger partial charge in [0.15, 0.2) is 29.5 Å². The van der Waals surface area contributed by atoms with Gasteiger partial charge in [0.1, 0.15) is 30.8 Å². The number of esters is 4. The summed E-state index contributed by atoms with van der Waals surface area (Å²) in [5.41, 5.74) is 8.82. The van der Waals surface area contributed by atoms with Gasteiger partial charge in [0.2, 0.25) is 30.5 Å². The number of nitrogens with zero attached hydrogens (tertiary/aromatic N) is 3. The quantitative estimate of drug-likeness (QED) is 0.0117. The number of hydrogen-bond donors (Lipinski definition) is 0. The van der Waals surface area contributed by atoms with Gasteiger partial charge in [0.05, 0.1) is 44.5 Å². The summed E-state index contributed by atoms with van der Waals surface area (Å²) in [7, 11) is -2.45. The van der Waals surface area contributed by atoms with Crippen molar-refractivity contribution in [3.8, 4) is 23.0 Å². The number of benzene rings is 3. The molecular weight excluding hydrogens is 1120 g/mol. The first-order chi connectivity index (χ1) is 35.8. The van der Waals surface area contributed by atoms with E-state index < -0.39 is 118 Å². The van der Waals surface area contributed by atoms with Crippen LogP contribution in [0, 0.1) is 0 Å². The summed E-state index contributed by atoms with van der Waals surface area (Å²) in [4.78, 5) is 65.2. The van der Waals surface area contributed by atoms with Crippen molar-refractivity contribution in [2.45, 2.75) is 89.4 Å². The van der Waals surface area contributed by atoms with Gasteiger partial charge in [-0.05, 0) is 65.5 Å². The van der Waals surface area contributed by atoms with Crippen molar-refractivity contribution in [1.82, 2.24) is 0 Å². The number of Topliss-reactive ketones (excluding diaryl/α,β-unsaturated/α-hetero) is 1. The average molecular weight is 1170 g/mol. The van der Waals surface area contributed by atoms with E-state index in [0.717, 1.165) is 39.8 Å². The third kappa shape index (κ3) is 23.1. The molecule has 3 aromatic rings. The molecule has 0 bridgehead atoms. The van der Waals surface area contributed by atoms with Gasteiger partial charge in [0.25, 0.3) is 0 Å². The lowest BCUT2D eigenvalue weighted by Crippen LogP contribution is -2.63. The molecule has 418 valence electrons. The maximum Gasteiger partial charge on any atom is 0.501 e. The lowest BCUT2D eigenvalue weighted by molar-refractivity contribution is -0.288. The third-order valence-corrected chi connectivity index (χ3v) is 12.6. The zero-order valence-electron chi connectivity index (χ0n) is 41.1. The summed E-state index contributed by atoms with van der Waals surface area (Å²) in [6, 6.07) is 12.6. The molecule has 0 aliphatic carbocycles. The van der Waals surface area contributed by atoms with E-state index in [1.54, 1.807) is 0 Å². The lowest BCUT2D eigenvalue weighted by atomic mass is 9.98. The maximum absolute atomic E-state index is 13.7. The molecule has 31 heteroatoms. The number of azide groups is 1. The number of halogens is 2. The predicted molar refractivity (Wildman–Crippen MR) is 263 cm³/mol. The number of ketones is 1. The Bertz CT molecular complexity index is 2890. The monoisotopic (exact) mass is 1170 g/mol. The van der Waals surface area contributed by atoms with Gasteiger partial charge in [-0.3, -0.25) is 24.0 Å². The van der Waals surface area contributed by atoms with Gasteiger partial charge < -0.3 is 55.7 Å². The van der Waals surface area contributed by atoms with Crippen molar-refractivity contribution in [2.24, 2.45) is 5.11 Å². The lowest BCUT2D eigenvalue weighted by Gasteiger charge is -2.43. The Morgan fingerprint density at radius 1 is 0.645 bits per heavy atom. The van der Waals surface area contributed by atoms with Crippen LogP contribution in [-0.2, 0) is 104 Å². The first-order valence-electron chi connectivity index (χ1n) is 22.5. The molecule has 0 amide bonds. The molecule has 1 heterocycles. The minimum absolute atomic E-state index is 0.0335. The molecule has 0 aromatic heterocycles. The summed E-state index contributed by atoms with van der Waals surface area (Å²) in [6.45, 7) is 4.78. The highest BCUT2D eigenvalue weighted by atomic mass is 35.7. The molecule has 3 aromatic carbocycles. The van der Waals surface area contributed by atoms with Crippen molar-refractivity contribution in [1.29, 1.82) is 0 Å². The number of carbonyl (C=O) groups is 5. The molecular formula is C45H53Cl2N3O23S3. The molecule has 1 saturated heterocycles. The Labute approximate surface area is 446 Å². The summed E-state index contributed by atoms with van der Waals surface area (Å²) >= 11 is 0. The molecule has 0 saturated carbocycles. The van der Waals surface area contributed by atoms with Crippen molar-refractivity contribution in [3.05, 3.63) is 93.4 Å². The second-order valence-corrected chi connectivity index (χ2v) is 22.7. The first kappa shape index (κ1) is 62.5. The molecule has 76 heavy (non-hydrogen) atoms. The highest BCUT2D eigenvalue weighted by molar-refractivity contribution is 8.13. The Kier molecular flexibility index (Phi) is 24.7. The Morgan fingerprint density at radius 2 is 1.22 bits per heavy atom. The molecule has 1 aliphatic heterocycles. The van der Waals surface area contributed by atoms with E-state index in [4.69, 9.17) is 82.6 Å². The second-order valence-electron chi connectivity index (χ2n) is 16.0. The van der Waals surface area contributed by atoms with Crippen LogP contribution in [0.15, 0.2) is 65.8 Å². The van der Waals surface area contributed by atoms with Gasteiger partial charge >= 0.3 is 34.3 Å². The fourth-order valence-corrected chi connectivity index (χ4v) is 9.47. The number of rotatable bonds is 32. The zero-order valence-corrected chi connectivity index (χ0v) is 45.0. The summed E-state index contributed by atoms with van der Waals surface area (Å²) in [5, 5.41) is 3.35. The number of carbonyl (C=O) groups excluding carboxylic acids is 5. The van der Waals surface area contributed by atoms with Crippen molar-refractivity contribution < 1.29 is 105 Å². The summed E-state index contributed by atoms with van der Waals surface area (Å²) in [5.74, 6) is -6.85. The first-order valence-corrected chi connectivity index (χ1v) is 28.8. The maximum atomic E-state index is 13.7. The topological polar surface area (TPSA) is 347 Å². The average Bonchev–Trinajstić information content (AvgIpc) is 3.30. The largest absolute Gasteiger partial charge is 0.501 e. The van der Waals surface area contributed by atoms with Crippen molar-refractivity contribution in [3.63, 3.8) is 0 Å². The smallest absolute Gasteiger partial charge is 0.489 e. The summed E-state index contributed by atoms with van der Waals surface area (Å²) < 4.78 is 141. The van der Waals surface area contributed by atoms with Crippen LogP contribution in [0.25, 0.3) is 10.4 Å². The van der Waals surface area contributed by atoms with Crippen LogP contribution in [0.1, 0.15) is 67.6 Å². The molecule has 0 spiro atoms. The molecule has 0 N–H and O–H groups in total. The molecule has 26 nitrogen and oxygen atoms in total. The van der Waals surface area contributed by atoms with E-state index in [0.29, 0.717) is 5.56 Å². The van der Waals surface area contributed by atoms with E-state index >= 15 is 0 Å². The molecule has 4 rings (SSSR count). The van der Waals surface area contributed by atoms with E-state index in [2.05, 4.69) is 10.0 Å². The van der Waals surface area contributed by atoms with Gasteiger partial charge in [-0.25, -0.2) is 16.8 Å². The van der Waals surface area contributed by atoms with Gasteiger partial charge in [-0.15, -0.1) is 8.42 Å². The highest BCUT2D eigenvalue weighted by Crippen LogP contribution is 2.37. The zero-order chi connectivity index (χ0) is 56.1. The van der Waals surface area contributed by atoms with E-state index in [1.807, 2.05) is 0 Å². The second kappa shape index (κ2) is 30.1. The fraction of sp³-hybridized carbons (Fsp3) is 0.489. The number of ether oxygens (including phenoxy) is 10.